The molecule has 0 radical (unpaired) electrons. The number of rotatable bonds is 7. The van der Waals surface area contributed by atoms with Gasteiger partial charge in [0.05, 0.1) is 9.79 Å². The molecule has 0 saturated heterocycles. The van der Waals surface area contributed by atoms with Crippen molar-refractivity contribution in [2.75, 3.05) is 0 Å². The van der Waals surface area contributed by atoms with Crippen molar-refractivity contribution >= 4 is 19.7 Å². The second-order valence-corrected chi connectivity index (χ2v) is 12.9. The Labute approximate surface area is 191 Å². The van der Waals surface area contributed by atoms with E-state index < -0.39 is 30.2 Å². The Hall–Kier alpha value is -2.44. The molecule has 3 aromatic carbocycles. The Balaban J connectivity index is 1.96. The lowest BCUT2D eigenvalue weighted by molar-refractivity contribution is 0.309. The predicted molar refractivity (Wildman–Crippen MR) is 127 cm³/mol. The minimum absolute atomic E-state index is 0.0203. The van der Waals surface area contributed by atoms with Crippen molar-refractivity contribution in [3.63, 3.8) is 0 Å². The van der Waals surface area contributed by atoms with Crippen LogP contribution in [0.4, 0.5) is 0 Å². The third-order valence-electron chi connectivity index (χ3n) is 6.39. The molecular formula is C26H28O4S2. The third-order valence-corrected chi connectivity index (χ3v) is 11.6. The predicted octanol–water partition coefficient (Wildman–Crippen LogP) is 5.62. The molecule has 1 unspecified atom stereocenters. The molecule has 6 heteroatoms. The standard InChI is InChI=1S/C26H28O4S2/c27-31(28,23-17-9-3-10-18-23)26(32(29,30)24-19-11-4-12-20-24)25(21-13-5-1-6-14-21)22-15-7-2-8-16-22/h1,3-6,9-14,17-20,22,25-26H,2,7-8,15-16H2. The second kappa shape index (κ2) is 9.59. The molecular weight excluding hydrogens is 440 g/mol. The summed E-state index contributed by atoms with van der Waals surface area (Å²) in [5.41, 5.74) is 0.767. The van der Waals surface area contributed by atoms with Crippen LogP contribution in [0.3, 0.4) is 0 Å². The third kappa shape index (κ3) is 4.52. The Bertz CT molecular complexity index is 1150. The van der Waals surface area contributed by atoms with Crippen molar-refractivity contribution in [3.05, 3.63) is 96.6 Å². The molecule has 1 atom stereocenters. The van der Waals surface area contributed by atoms with E-state index in [1.807, 2.05) is 30.3 Å². The maximum absolute atomic E-state index is 14.0. The molecule has 3 aromatic rings. The van der Waals surface area contributed by atoms with Crippen molar-refractivity contribution in [1.82, 2.24) is 0 Å². The average Bonchev–Trinajstić information content (AvgIpc) is 2.84. The highest BCUT2D eigenvalue weighted by atomic mass is 32.3. The molecule has 1 saturated carbocycles. The summed E-state index contributed by atoms with van der Waals surface area (Å²) in [6.45, 7) is 0. The molecule has 0 bridgehead atoms. The van der Waals surface area contributed by atoms with Gasteiger partial charge in [-0.05, 0) is 48.6 Å². The largest absolute Gasteiger partial charge is 0.222 e. The van der Waals surface area contributed by atoms with E-state index in [9.17, 15) is 16.8 Å². The summed E-state index contributed by atoms with van der Waals surface area (Å²) in [5, 5.41) is 0. The molecule has 1 aliphatic rings. The van der Waals surface area contributed by atoms with Gasteiger partial charge in [-0.1, -0.05) is 86.0 Å². The average molecular weight is 469 g/mol. The van der Waals surface area contributed by atoms with Crippen molar-refractivity contribution < 1.29 is 16.8 Å². The minimum Gasteiger partial charge on any atom is -0.222 e. The van der Waals surface area contributed by atoms with Crippen LogP contribution in [0.5, 0.6) is 0 Å². The zero-order valence-corrected chi connectivity index (χ0v) is 19.5. The molecule has 168 valence electrons. The molecule has 1 fully saturated rings. The zero-order chi connectivity index (χ0) is 22.6. The van der Waals surface area contributed by atoms with Gasteiger partial charge in [-0.15, -0.1) is 0 Å². The Morgan fingerprint density at radius 2 is 0.969 bits per heavy atom. The summed E-state index contributed by atoms with van der Waals surface area (Å²) >= 11 is 0. The number of sulfone groups is 2. The van der Waals surface area contributed by atoms with E-state index in [0.717, 1.165) is 37.7 Å². The summed E-state index contributed by atoms with van der Waals surface area (Å²) in [5.74, 6) is -0.667. The van der Waals surface area contributed by atoms with Gasteiger partial charge in [0.15, 0.2) is 24.3 Å². The SMILES string of the molecule is O=S(=O)(c1ccccc1)C(C(c1ccccc1)C1CCCCC1)S(=O)(=O)c1ccccc1. The Morgan fingerprint density at radius 3 is 1.41 bits per heavy atom. The monoisotopic (exact) mass is 468 g/mol. The summed E-state index contributed by atoms with van der Waals surface area (Å²) in [6, 6.07) is 25.3. The van der Waals surface area contributed by atoms with Crippen molar-refractivity contribution in [2.45, 2.75) is 52.4 Å². The number of benzene rings is 3. The summed E-state index contributed by atoms with van der Waals surface area (Å²) in [4.78, 5) is 0.0856. The van der Waals surface area contributed by atoms with Crippen LogP contribution in [0.1, 0.15) is 43.6 Å². The van der Waals surface area contributed by atoms with Gasteiger partial charge in [-0.3, -0.25) is 0 Å². The van der Waals surface area contributed by atoms with Crippen LogP contribution in [-0.2, 0) is 19.7 Å². The van der Waals surface area contributed by atoms with Gasteiger partial charge in [0.2, 0.25) is 0 Å². The Kier molecular flexibility index (Phi) is 6.82. The van der Waals surface area contributed by atoms with E-state index in [-0.39, 0.29) is 15.7 Å². The molecule has 0 spiro atoms. The second-order valence-electron chi connectivity index (χ2n) is 8.42. The number of hydrogen-bond donors (Lipinski definition) is 0. The van der Waals surface area contributed by atoms with Crippen molar-refractivity contribution in [1.29, 1.82) is 0 Å². The van der Waals surface area contributed by atoms with E-state index in [1.54, 1.807) is 36.4 Å². The molecule has 0 amide bonds. The van der Waals surface area contributed by atoms with Gasteiger partial charge in [-0.25, -0.2) is 16.8 Å². The Morgan fingerprint density at radius 1 is 0.562 bits per heavy atom. The smallest absolute Gasteiger partial charge is 0.196 e. The lowest BCUT2D eigenvalue weighted by Crippen LogP contribution is -2.40. The van der Waals surface area contributed by atoms with E-state index in [1.165, 1.54) is 24.3 Å². The van der Waals surface area contributed by atoms with Crippen molar-refractivity contribution in [2.24, 2.45) is 5.92 Å². The minimum atomic E-state index is -4.19. The van der Waals surface area contributed by atoms with Gasteiger partial charge in [0, 0.05) is 5.92 Å². The van der Waals surface area contributed by atoms with E-state index in [0.29, 0.717) is 0 Å². The first-order valence-electron chi connectivity index (χ1n) is 11.1. The highest BCUT2D eigenvalue weighted by Gasteiger charge is 2.48. The fourth-order valence-electron chi connectivity index (χ4n) is 4.86. The fraction of sp³-hybridized carbons (Fsp3) is 0.308. The van der Waals surface area contributed by atoms with Crippen LogP contribution in [0.25, 0.3) is 0 Å². The highest BCUT2D eigenvalue weighted by Crippen LogP contribution is 2.45. The quantitative estimate of drug-likeness (QED) is 0.451. The normalized spacial score (nSPS) is 16.7. The molecule has 0 aliphatic heterocycles. The molecule has 0 aromatic heterocycles. The van der Waals surface area contributed by atoms with Gasteiger partial charge < -0.3 is 0 Å². The van der Waals surface area contributed by atoms with E-state index >= 15 is 0 Å². The molecule has 4 nitrogen and oxygen atoms in total. The maximum Gasteiger partial charge on any atom is 0.196 e. The van der Waals surface area contributed by atoms with Gasteiger partial charge in [0.25, 0.3) is 0 Å². The van der Waals surface area contributed by atoms with Crippen LogP contribution in [0.2, 0.25) is 0 Å². The number of hydrogen-bond acceptors (Lipinski definition) is 4. The lowest BCUT2D eigenvalue weighted by Gasteiger charge is -2.35. The summed E-state index contributed by atoms with van der Waals surface area (Å²) in [6.07, 6.45) is 4.71. The molecule has 0 N–H and O–H groups in total. The van der Waals surface area contributed by atoms with Crippen LogP contribution < -0.4 is 0 Å². The first-order valence-corrected chi connectivity index (χ1v) is 14.1. The highest BCUT2D eigenvalue weighted by molar-refractivity contribution is 8.09. The van der Waals surface area contributed by atoms with Crippen LogP contribution in [0, 0.1) is 5.92 Å². The molecule has 4 rings (SSSR count). The summed E-state index contributed by atoms with van der Waals surface area (Å²) < 4.78 is 54.5. The van der Waals surface area contributed by atoms with Crippen LogP contribution >= 0.6 is 0 Å². The van der Waals surface area contributed by atoms with Crippen LogP contribution in [0.15, 0.2) is 101 Å². The van der Waals surface area contributed by atoms with Gasteiger partial charge in [0.1, 0.15) is 0 Å². The van der Waals surface area contributed by atoms with Crippen LogP contribution in [-0.4, -0.2) is 21.4 Å². The molecule has 1 aliphatic carbocycles. The molecule has 32 heavy (non-hydrogen) atoms. The molecule has 0 heterocycles. The van der Waals surface area contributed by atoms with E-state index in [2.05, 4.69) is 0 Å². The topological polar surface area (TPSA) is 68.3 Å². The van der Waals surface area contributed by atoms with Gasteiger partial charge in [-0.2, -0.15) is 0 Å². The summed E-state index contributed by atoms with van der Waals surface area (Å²) in [7, 11) is -8.38. The van der Waals surface area contributed by atoms with Gasteiger partial charge >= 0.3 is 0 Å². The van der Waals surface area contributed by atoms with E-state index in [4.69, 9.17) is 0 Å². The lowest BCUT2D eigenvalue weighted by atomic mass is 9.77. The first kappa shape index (κ1) is 22.7. The fourth-order valence-corrected chi connectivity index (χ4v) is 10.0. The maximum atomic E-state index is 14.0. The first-order chi connectivity index (χ1) is 15.4. The zero-order valence-electron chi connectivity index (χ0n) is 17.9. The van der Waals surface area contributed by atoms with Crippen molar-refractivity contribution in [3.8, 4) is 0 Å².